The number of benzene rings is 1. The first-order chi connectivity index (χ1) is 8.47. The third kappa shape index (κ3) is 2.55. The van der Waals surface area contributed by atoms with Crippen molar-refractivity contribution < 1.29 is 9.32 Å². The molecule has 0 spiro atoms. The number of aromatic nitrogens is 2. The Hall–Kier alpha value is -1.79. The quantitative estimate of drug-likeness (QED) is 0.828. The fraction of sp³-hybridized carbons (Fsp3) is 0.100. The summed E-state index contributed by atoms with van der Waals surface area (Å²) in [5.74, 6) is -0.125. The number of hydrogen-bond donors (Lipinski definition) is 2. The van der Waals surface area contributed by atoms with Crippen LogP contribution in [0.25, 0.3) is 0 Å². The molecule has 0 unspecified atom stereocenters. The van der Waals surface area contributed by atoms with E-state index in [4.69, 9.17) is 33.5 Å². The number of nitrogens with zero attached hydrogens (tertiary/aromatic N) is 2. The SMILES string of the molecule is Cc1noc(NC(=O)c2cc(N)cc(Cl)c2Cl)n1. The van der Waals surface area contributed by atoms with Gasteiger partial charge in [-0.3, -0.25) is 10.1 Å². The molecule has 18 heavy (non-hydrogen) atoms. The predicted octanol–water partition coefficient (Wildman–Crippen LogP) is 2.52. The molecular weight excluding hydrogens is 279 g/mol. The number of nitrogens with one attached hydrogen (secondary N) is 1. The van der Waals surface area contributed by atoms with E-state index in [0.29, 0.717) is 11.5 Å². The van der Waals surface area contributed by atoms with E-state index < -0.39 is 5.91 Å². The highest BCUT2D eigenvalue weighted by molar-refractivity contribution is 6.44. The van der Waals surface area contributed by atoms with Crippen LogP contribution in [0.2, 0.25) is 10.0 Å². The lowest BCUT2D eigenvalue weighted by Crippen LogP contribution is -2.13. The largest absolute Gasteiger partial charge is 0.399 e. The van der Waals surface area contributed by atoms with Crippen molar-refractivity contribution in [1.29, 1.82) is 0 Å². The molecule has 0 radical (unpaired) electrons. The summed E-state index contributed by atoms with van der Waals surface area (Å²) in [6.45, 7) is 1.63. The molecular formula is C10H8Cl2N4O2. The van der Waals surface area contributed by atoms with Crippen molar-refractivity contribution in [3.05, 3.63) is 33.6 Å². The molecule has 0 atom stereocenters. The van der Waals surface area contributed by atoms with Crippen LogP contribution in [0.5, 0.6) is 0 Å². The molecule has 1 amide bonds. The lowest BCUT2D eigenvalue weighted by Gasteiger charge is -2.06. The highest BCUT2D eigenvalue weighted by Crippen LogP contribution is 2.29. The zero-order valence-corrected chi connectivity index (χ0v) is 10.7. The molecule has 0 bridgehead atoms. The summed E-state index contributed by atoms with van der Waals surface area (Å²) < 4.78 is 4.76. The monoisotopic (exact) mass is 286 g/mol. The molecule has 94 valence electrons. The average molecular weight is 287 g/mol. The maximum atomic E-state index is 11.9. The van der Waals surface area contributed by atoms with Gasteiger partial charge < -0.3 is 10.3 Å². The predicted molar refractivity (Wildman–Crippen MR) is 67.9 cm³/mol. The molecule has 0 aliphatic heterocycles. The lowest BCUT2D eigenvalue weighted by atomic mass is 10.2. The van der Waals surface area contributed by atoms with Crippen LogP contribution >= 0.6 is 23.2 Å². The number of nitrogens with two attached hydrogens (primary N) is 1. The topological polar surface area (TPSA) is 94.0 Å². The summed E-state index contributed by atoms with van der Waals surface area (Å²) in [7, 11) is 0. The van der Waals surface area contributed by atoms with Crippen molar-refractivity contribution in [2.75, 3.05) is 11.1 Å². The summed E-state index contributed by atoms with van der Waals surface area (Å²) in [6.07, 6.45) is 0. The highest BCUT2D eigenvalue weighted by atomic mass is 35.5. The second kappa shape index (κ2) is 4.83. The van der Waals surface area contributed by atoms with Gasteiger partial charge in [-0.15, -0.1) is 0 Å². The van der Waals surface area contributed by atoms with E-state index >= 15 is 0 Å². The molecule has 8 heteroatoms. The van der Waals surface area contributed by atoms with E-state index in [2.05, 4.69) is 15.5 Å². The molecule has 0 aliphatic rings. The van der Waals surface area contributed by atoms with Gasteiger partial charge in [0, 0.05) is 5.69 Å². The van der Waals surface area contributed by atoms with Gasteiger partial charge >= 0.3 is 6.01 Å². The number of rotatable bonds is 2. The van der Waals surface area contributed by atoms with E-state index in [9.17, 15) is 4.79 Å². The Morgan fingerprint density at radius 3 is 2.78 bits per heavy atom. The number of hydrogen-bond acceptors (Lipinski definition) is 5. The van der Waals surface area contributed by atoms with Gasteiger partial charge in [-0.05, 0) is 19.1 Å². The van der Waals surface area contributed by atoms with E-state index in [1.165, 1.54) is 12.1 Å². The van der Waals surface area contributed by atoms with Gasteiger partial charge in [-0.2, -0.15) is 4.98 Å². The minimum atomic E-state index is -0.530. The molecule has 0 saturated carbocycles. The Bertz CT molecular complexity index is 612. The summed E-state index contributed by atoms with van der Waals surface area (Å²) in [5, 5.41) is 6.24. The third-order valence-corrected chi connectivity index (χ3v) is 2.85. The van der Waals surface area contributed by atoms with Crippen molar-refractivity contribution in [3.8, 4) is 0 Å². The summed E-state index contributed by atoms with van der Waals surface area (Å²) in [6, 6.07) is 2.84. The molecule has 6 nitrogen and oxygen atoms in total. The smallest absolute Gasteiger partial charge is 0.328 e. The van der Waals surface area contributed by atoms with Gasteiger partial charge in [0.25, 0.3) is 5.91 Å². The van der Waals surface area contributed by atoms with E-state index in [1.54, 1.807) is 6.92 Å². The number of carbonyl (C=O) groups excluding carboxylic acids is 1. The molecule has 1 heterocycles. The van der Waals surface area contributed by atoms with Crippen molar-refractivity contribution in [2.45, 2.75) is 6.92 Å². The first kappa shape index (κ1) is 12.7. The summed E-state index contributed by atoms with van der Waals surface area (Å²) >= 11 is 11.7. The lowest BCUT2D eigenvalue weighted by molar-refractivity contribution is 0.102. The number of aryl methyl sites for hydroxylation is 1. The van der Waals surface area contributed by atoms with Crippen molar-refractivity contribution in [2.24, 2.45) is 0 Å². The summed E-state index contributed by atoms with van der Waals surface area (Å²) in [5.41, 5.74) is 6.06. The fourth-order valence-electron chi connectivity index (χ4n) is 1.29. The van der Waals surface area contributed by atoms with E-state index in [0.717, 1.165) is 0 Å². The van der Waals surface area contributed by atoms with Crippen molar-refractivity contribution >= 4 is 40.8 Å². The van der Waals surface area contributed by atoms with Crippen LogP contribution in [-0.4, -0.2) is 16.0 Å². The fourth-order valence-corrected chi connectivity index (χ4v) is 1.71. The van der Waals surface area contributed by atoms with Crippen LogP contribution in [0, 0.1) is 6.92 Å². The standard InChI is InChI=1S/C10H8Cl2N4O2/c1-4-14-10(18-16-4)15-9(17)6-2-5(13)3-7(11)8(6)12/h2-3H,13H2,1H3,(H,14,15,16,17). The van der Waals surface area contributed by atoms with E-state index in [1.807, 2.05) is 0 Å². The molecule has 0 saturated heterocycles. The van der Waals surface area contributed by atoms with Gasteiger partial charge in [0.1, 0.15) is 0 Å². The molecule has 0 fully saturated rings. The van der Waals surface area contributed by atoms with Crippen LogP contribution < -0.4 is 11.1 Å². The first-order valence-corrected chi connectivity index (χ1v) is 5.59. The Labute approximate surface area is 112 Å². The average Bonchev–Trinajstić information content (AvgIpc) is 2.69. The van der Waals surface area contributed by atoms with Gasteiger partial charge in [-0.1, -0.05) is 28.4 Å². The second-order valence-corrected chi connectivity index (χ2v) is 4.25. The Balaban J connectivity index is 2.29. The zero-order valence-electron chi connectivity index (χ0n) is 9.20. The number of anilines is 2. The second-order valence-electron chi connectivity index (χ2n) is 3.47. The van der Waals surface area contributed by atoms with Crippen molar-refractivity contribution in [1.82, 2.24) is 10.1 Å². The maximum absolute atomic E-state index is 11.9. The molecule has 2 rings (SSSR count). The molecule has 1 aromatic carbocycles. The van der Waals surface area contributed by atoms with E-state index in [-0.39, 0.29) is 21.6 Å². The van der Waals surface area contributed by atoms with Crippen LogP contribution in [0.15, 0.2) is 16.7 Å². The Morgan fingerprint density at radius 1 is 1.44 bits per heavy atom. The van der Waals surface area contributed by atoms with Gasteiger partial charge in [0.05, 0.1) is 15.6 Å². The number of carbonyl (C=O) groups is 1. The van der Waals surface area contributed by atoms with Crippen LogP contribution in [-0.2, 0) is 0 Å². The van der Waals surface area contributed by atoms with Crippen LogP contribution in [0.4, 0.5) is 11.7 Å². The normalized spacial score (nSPS) is 10.4. The van der Waals surface area contributed by atoms with Gasteiger partial charge in [-0.25, -0.2) is 0 Å². The third-order valence-electron chi connectivity index (χ3n) is 2.04. The van der Waals surface area contributed by atoms with Gasteiger partial charge in [0.15, 0.2) is 5.82 Å². The molecule has 3 N–H and O–H groups in total. The molecule has 2 aromatic rings. The minimum absolute atomic E-state index is 0.0212. The maximum Gasteiger partial charge on any atom is 0.328 e. The number of nitrogen functional groups attached to an aromatic ring is 1. The van der Waals surface area contributed by atoms with Crippen LogP contribution in [0.3, 0.4) is 0 Å². The highest BCUT2D eigenvalue weighted by Gasteiger charge is 2.16. The van der Waals surface area contributed by atoms with Crippen LogP contribution in [0.1, 0.15) is 16.2 Å². The molecule has 0 aliphatic carbocycles. The first-order valence-electron chi connectivity index (χ1n) is 4.83. The Kier molecular flexibility index (Phi) is 3.40. The number of amides is 1. The molecule has 1 aromatic heterocycles. The van der Waals surface area contributed by atoms with Gasteiger partial charge in [0.2, 0.25) is 0 Å². The van der Waals surface area contributed by atoms with Crippen molar-refractivity contribution in [3.63, 3.8) is 0 Å². The summed E-state index contributed by atoms with van der Waals surface area (Å²) in [4.78, 5) is 15.7. The Morgan fingerprint density at radius 2 is 2.17 bits per heavy atom. The minimum Gasteiger partial charge on any atom is -0.399 e. The zero-order chi connectivity index (χ0) is 13.3. The number of halogens is 2.